The first-order valence-electron chi connectivity index (χ1n) is 7.49. The van der Waals surface area contributed by atoms with Gasteiger partial charge in [-0.05, 0) is 41.6 Å². The predicted octanol–water partition coefficient (Wildman–Crippen LogP) is 3.60. The summed E-state index contributed by atoms with van der Waals surface area (Å²) < 4.78 is 40.2. The Morgan fingerprint density at radius 1 is 1.27 bits per heavy atom. The summed E-state index contributed by atoms with van der Waals surface area (Å²) in [5.74, 6) is -0.199. The minimum atomic E-state index is -4.52. The topological polar surface area (TPSA) is 46.9 Å². The molecule has 2 aliphatic rings. The van der Waals surface area contributed by atoms with Crippen LogP contribution >= 0.6 is 15.9 Å². The Bertz CT molecular complexity index is 575. The molecular formula is C14H17BrF3N3O. The van der Waals surface area contributed by atoms with Crippen molar-refractivity contribution in [3.05, 3.63) is 15.9 Å². The number of carbonyl (C=O) groups is 1. The highest BCUT2D eigenvalue weighted by molar-refractivity contribution is 9.10. The van der Waals surface area contributed by atoms with Gasteiger partial charge in [-0.15, -0.1) is 0 Å². The molecule has 2 aliphatic carbocycles. The Labute approximate surface area is 134 Å². The van der Waals surface area contributed by atoms with Gasteiger partial charge in [0, 0.05) is 12.0 Å². The van der Waals surface area contributed by atoms with Crippen molar-refractivity contribution in [2.75, 3.05) is 0 Å². The Morgan fingerprint density at radius 2 is 1.91 bits per heavy atom. The van der Waals surface area contributed by atoms with Crippen molar-refractivity contribution in [2.45, 2.75) is 63.2 Å². The van der Waals surface area contributed by atoms with Crippen LogP contribution in [0, 0.1) is 0 Å². The quantitative estimate of drug-likeness (QED) is 0.868. The molecule has 1 aromatic rings. The summed E-state index contributed by atoms with van der Waals surface area (Å²) in [4.78, 5) is 12.1. The Morgan fingerprint density at radius 3 is 2.45 bits per heavy atom. The van der Waals surface area contributed by atoms with E-state index in [9.17, 15) is 18.0 Å². The number of nitrogens with zero attached hydrogens (tertiary/aromatic N) is 2. The molecule has 8 heteroatoms. The molecule has 4 nitrogen and oxygen atoms in total. The molecule has 0 aliphatic heterocycles. The number of nitrogens with one attached hydrogen (secondary N) is 1. The molecule has 2 fully saturated rings. The minimum Gasteiger partial charge on any atom is -0.352 e. The second-order valence-corrected chi connectivity index (χ2v) is 6.82. The monoisotopic (exact) mass is 379 g/mol. The van der Waals surface area contributed by atoms with Gasteiger partial charge in [-0.2, -0.15) is 18.3 Å². The molecule has 0 unspecified atom stereocenters. The first-order valence-corrected chi connectivity index (χ1v) is 8.28. The number of halogens is 4. The SMILES string of the molecule is O=C(Cn1nc(C(F)(F)F)c(Br)c1C1CC1)NC1CCCC1. The van der Waals surface area contributed by atoms with Crippen LogP contribution in [0.5, 0.6) is 0 Å². The average molecular weight is 380 g/mol. The third-order valence-corrected chi connectivity index (χ3v) is 4.96. The maximum Gasteiger partial charge on any atom is 0.436 e. The van der Waals surface area contributed by atoms with Crippen LogP contribution in [0.2, 0.25) is 0 Å². The van der Waals surface area contributed by atoms with E-state index in [4.69, 9.17) is 0 Å². The number of carbonyl (C=O) groups excluding carboxylic acids is 1. The lowest BCUT2D eigenvalue weighted by Crippen LogP contribution is -2.35. The van der Waals surface area contributed by atoms with Gasteiger partial charge in [0.2, 0.25) is 5.91 Å². The zero-order valence-corrected chi connectivity index (χ0v) is 13.5. The number of alkyl halides is 3. The number of hydrogen-bond donors (Lipinski definition) is 1. The minimum absolute atomic E-state index is 0.0174. The second-order valence-electron chi connectivity index (χ2n) is 6.03. The first-order chi connectivity index (χ1) is 10.4. The summed E-state index contributed by atoms with van der Waals surface area (Å²) in [7, 11) is 0. The second kappa shape index (κ2) is 5.86. The van der Waals surface area contributed by atoms with Crippen molar-refractivity contribution in [3.63, 3.8) is 0 Å². The maximum absolute atomic E-state index is 13.0. The standard InChI is InChI=1S/C14H17BrF3N3O/c15-11-12(8-5-6-8)21(20-13(11)14(16,17)18)7-10(22)19-9-3-1-2-4-9/h8-9H,1-7H2,(H,19,22). The van der Waals surface area contributed by atoms with Crippen LogP contribution in [0.4, 0.5) is 13.2 Å². The number of amides is 1. The van der Waals surface area contributed by atoms with Gasteiger partial charge in [0.25, 0.3) is 0 Å². The zero-order chi connectivity index (χ0) is 15.9. The van der Waals surface area contributed by atoms with E-state index in [1.54, 1.807) is 0 Å². The van der Waals surface area contributed by atoms with Crippen LogP contribution in [-0.4, -0.2) is 21.7 Å². The van der Waals surface area contributed by atoms with Crippen LogP contribution in [0.25, 0.3) is 0 Å². The summed E-state index contributed by atoms with van der Waals surface area (Å²) >= 11 is 3.02. The molecule has 1 heterocycles. The Balaban J connectivity index is 1.78. The normalized spacial score (nSPS) is 19.6. The van der Waals surface area contributed by atoms with Gasteiger partial charge in [-0.1, -0.05) is 12.8 Å². The lowest BCUT2D eigenvalue weighted by Gasteiger charge is -2.13. The highest BCUT2D eigenvalue weighted by Crippen LogP contribution is 2.46. The van der Waals surface area contributed by atoms with Crippen molar-refractivity contribution in [1.82, 2.24) is 15.1 Å². The van der Waals surface area contributed by atoms with E-state index in [-0.39, 0.29) is 28.9 Å². The largest absolute Gasteiger partial charge is 0.436 e. The van der Waals surface area contributed by atoms with Crippen molar-refractivity contribution in [3.8, 4) is 0 Å². The van der Waals surface area contributed by atoms with Gasteiger partial charge in [-0.3, -0.25) is 9.48 Å². The fourth-order valence-electron chi connectivity index (χ4n) is 2.98. The van der Waals surface area contributed by atoms with E-state index in [0.717, 1.165) is 38.5 Å². The molecule has 0 aromatic carbocycles. The molecule has 0 bridgehead atoms. The number of rotatable bonds is 4. The maximum atomic E-state index is 13.0. The third-order valence-electron chi connectivity index (χ3n) is 4.18. The first kappa shape index (κ1) is 15.8. The highest BCUT2D eigenvalue weighted by atomic mass is 79.9. The molecule has 1 amide bonds. The summed E-state index contributed by atoms with van der Waals surface area (Å²) in [6.07, 6.45) is 1.22. The summed E-state index contributed by atoms with van der Waals surface area (Å²) in [5, 5.41) is 6.53. The van der Waals surface area contributed by atoms with Gasteiger partial charge >= 0.3 is 6.18 Å². The molecule has 22 heavy (non-hydrogen) atoms. The molecule has 0 saturated heterocycles. The van der Waals surface area contributed by atoms with E-state index in [2.05, 4.69) is 26.3 Å². The molecule has 3 rings (SSSR count). The molecule has 1 N–H and O–H groups in total. The number of hydrogen-bond acceptors (Lipinski definition) is 2. The molecule has 0 radical (unpaired) electrons. The summed E-state index contributed by atoms with van der Waals surface area (Å²) in [6.45, 7) is -0.156. The fourth-order valence-corrected chi connectivity index (χ4v) is 3.81. The third kappa shape index (κ3) is 3.31. The highest BCUT2D eigenvalue weighted by Gasteiger charge is 2.42. The van der Waals surface area contributed by atoms with Crippen LogP contribution < -0.4 is 5.32 Å². The lowest BCUT2D eigenvalue weighted by atomic mass is 10.2. The molecule has 0 atom stereocenters. The summed E-state index contributed by atoms with van der Waals surface area (Å²) in [5.41, 5.74) is -0.447. The van der Waals surface area contributed by atoms with Gasteiger partial charge in [0.05, 0.1) is 10.2 Å². The predicted molar refractivity (Wildman–Crippen MR) is 77.3 cm³/mol. The average Bonchev–Trinajstić information content (AvgIpc) is 3.00. The van der Waals surface area contributed by atoms with Crippen LogP contribution in [-0.2, 0) is 17.5 Å². The smallest absolute Gasteiger partial charge is 0.352 e. The fraction of sp³-hybridized carbons (Fsp3) is 0.714. The van der Waals surface area contributed by atoms with E-state index >= 15 is 0 Å². The van der Waals surface area contributed by atoms with Gasteiger partial charge in [0.1, 0.15) is 6.54 Å². The molecule has 0 spiro atoms. The van der Waals surface area contributed by atoms with E-state index in [1.165, 1.54) is 4.68 Å². The van der Waals surface area contributed by atoms with Crippen molar-refractivity contribution >= 4 is 21.8 Å². The Hall–Kier alpha value is -1.05. The molecule has 2 saturated carbocycles. The van der Waals surface area contributed by atoms with E-state index < -0.39 is 11.9 Å². The van der Waals surface area contributed by atoms with Crippen molar-refractivity contribution < 1.29 is 18.0 Å². The van der Waals surface area contributed by atoms with E-state index in [0.29, 0.717) is 5.69 Å². The van der Waals surface area contributed by atoms with Crippen LogP contribution in [0.15, 0.2) is 4.47 Å². The van der Waals surface area contributed by atoms with Crippen LogP contribution in [0.3, 0.4) is 0 Å². The zero-order valence-electron chi connectivity index (χ0n) is 11.9. The lowest BCUT2D eigenvalue weighted by molar-refractivity contribution is -0.142. The van der Waals surface area contributed by atoms with Gasteiger partial charge in [-0.25, -0.2) is 0 Å². The van der Waals surface area contributed by atoms with Gasteiger partial charge in [0.15, 0.2) is 5.69 Å². The Kier molecular flexibility index (Phi) is 4.22. The van der Waals surface area contributed by atoms with Crippen molar-refractivity contribution in [1.29, 1.82) is 0 Å². The summed E-state index contributed by atoms with van der Waals surface area (Å²) in [6, 6.07) is 0.151. The molecule has 1 aromatic heterocycles. The van der Waals surface area contributed by atoms with E-state index in [1.807, 2.05) is 0 Å². The van der Waals surface area contributed by atoms with Crippen LogP contribution in [0.1, 0.15) is 55.8 Å². The number of aromatic nitrogens is 2. The van der Waals surface area contributed by atoms with Gasteiger partial charge < -0.3 is 5.32 Å². The molecule has 122 valence electrons. The van der Waals surface area contributed by atoms with Crippen molar-refractivity contribution in [2.24, 2.45) is 0 Å². The molecular weight excluding hydrogens is 363 g/mol.